The number of esters is 1. The quantitative estimate of drug-likeness (QED) is 0.812. The summed E-state index contributed by atoms with van der Waals surface area (Å²) in [7, 11) is 0. The van der Waals surface area contributed by atoms with E-state index in [0.717, 1.165) is 0 Å². The minimum Gasteiger partial charge on any atom is -0.460 e. The highest BCUT2D eigenvalue weighted by Gasteiger charge is 2.35. The van der Waals surface area contributed by atoms with E-state index < -0.39 is 17.8 Å². The van der Waals surface area contributed by atoms with Gasteiger partial charge < -0.3 is 9.30 Å². The molecule has 3 rings (SSSR count). The van der Waals surface area contributed by atoms with Crippen molar-refractivity contribution in [3.05, 3.63) is 53.4 Å². The number of rotatable bonds is 3. The monoisotopic (exact) mass is 288 g/mol. The normalized spacial score (nSPS) is 16.9. The van der Waals surface area contributed by atoms with Gasteiger partial charge in [0.1, 0.15) is 11.9 Å². The molecule has 108 valence electrons. The van der Waals surface area contributed by atoms with E-state index >= 15 is 0 Å². The van der Waals surface area contributed by atoms with Gasteiger partial charge in [0.05, 0.1) is 6.61 Å². The summed E-state index contributed by atoms with van der Waals surface area (Å²) in [4.78, 5) is 28.2. The van der Waals surface area contributed by atoms with Crippen LogP contribution in [0.1, 0.15) is 39.5 Å². The first kappa shape index (κ1) is 13.5. The Balaban J connectivity index is 1.98. The van der Waals surface area contributed by atoms with E-state index in [0.29, 0.717) is 11.1 Å². The number of ether oxygens (including phenoxy) is 1. The molecule has 1 aromatic carbocycles. The van der Waals surface area contributed by atoms with Crippen LogP contribution in [-0.2, 0) is 11.2 Å². The molecule has 0 amide bonds. The van der Waals surface area contributed by atoms with E-state index in [9.17, 15) is 14.0 Å². The first-order valence-electron chi connectivity index (χ1n) is 6.65. The number of aromatic nitrogens is 2. The third kappa shape index (κ3) is 2.12. The maximum Gasteiger partial charge on any atom is 0.374 e. The molecule has 5 nitrogen and oxygen atoms in total. The molecule has 0 fully saturated rings. The summed E-state index contributed by atoms with van der Waals surface area (Å²) in [6.45, 7) is 1.91. The van der Waals surface area contributed by atoms with Crippen LogP contribution in [0, 0.1) is 5.82 Å². The fourth-order valence-corrected chi connectivity index (χ4v) is 2.61. The Morgan fingerprint density at radius 3 is 3.05 bits per heavy atom. The van der Waals surface area contributed by atoms with Gasteiger partial charge in [0.25, 0.3) is 0 Å². The predicted molar refractivity (Wildman–Crippen MR) is 71.7 cm³/mol. The Morgan fingerprint density at radius 1 is 1.52 bits per heavy atom. The molecule has 1 aliphatic carbocycles. The maximum absolute atomic E-state index is 13.8. The van der Waals surface area contributed by atoms with E-state index in [4.69, 9.17) is 4.74 Å². The number of ketones is 1. The minimum absolute atomic E-state index is 0.0587. The highest BCUT2D eigenvalue weighted by Crippen LogP contribution is 2.32. The molecule has 1 aliphatic rings. The van der Waals surface area contributed by atoms with E-state index in [1.165, 1.54) is 22.9 Å². The van der Waals surface area contributed by atoms with Gasteiger partial charge in [0, 0.05) is 29.9 Å². The lowest BCUT2D eigenvalue weighted by molar-refractivity contribution is 0.0504. The fourth-order valence-electron chi connectivity index (χ4n) is 2.61. The number of halogens is 1. The molecule has 1 aromatic heterocycles. The highest BCUT2D eigenvalue weighted by molar-refractivity contribution is 6.04. The fraction of sp³-hybridized carbons (Fsp3) is 0.267. The maximum atomic E-state index is 13.8. The van der Waals surface area contributed by atoms with Crippen LogP contribution in [0.25, 0.3) is 0 Å². The zero-order valence-electron chi connectivity index (χ0n) is 11.4. The van der Waals surface area contributed by atoms with Gasteiger partial charge in [0.2, 0.25) is 5.82 Å². The standard InChI is InChI=1S/C15H13FN2O3/c1-2-21-15(20)14-17-6-7-18(14)12-8-10-9(13(12)19)4-3-5-11(10)16/h3-7,12H,2,8H2,1H3. The van der Waals surface area contributed by atoms with Crippen molar-refractivity contribution in [2.75, 3.05) is 6.61 Å². The van der Waals surface area contributed by atoms with E-state index in [1.54, 1.807) is 19.2 Å². The summed E-state index contributed by atoms with van der Waals surface area (Å²) >= 11 is 0. The summed E-state index contributed by atoms with van der Waals surface area (Å²) < 4.78 is 20.2. The number of carbonyl (C=O) groups is 2. The van der Waals surface area contributed by atoms with Crippen LogP contribution in [0.2, 0.25) is 0 Å². The molecule has 6 heteroatoms. The largest absolute Gasteiger partial charge is 0.460 e. The van der Waals surface area contributed by atoms with Crippen LogP contribution in [-0.4, -0.2) is 27.9 Å². The van der Waals surface area contributed by atoms with Gasteiger partial charge in [-0.3, -0.25) is 4.79 Å². The van der Waals surface area contributed by atoms with Crippen molar-refractivity contribution in [2.45, 2.75) is 19.4 Å². The Morgan fingerprint density at radius 2 is 2.33 bits per heavy atom. The molecule has 0 radical (unpaired) electrons. The third-order valence-corrected chi connectivity index (χ3v) is 3.55. The van der Waals surface area contributed by atoms with E-state index in [1.807, 2.05) is 0 Å². The van der Waals surface area contributed by atoms with Crippen molar-refractivity contribution in [1.29, 1.82) is 0 Å². The van der Waals surface area contributed by atoms with Crippen molar-refractivity contribution >= 4 is 11.8 Å². The third-order valence-electron chi connectivity index (χ3n) is 3.55. The molecule has 0 spiro atoms. The highest BCUT2D eigenvalue weighted by atomic mass is 19.1. The van der Waals surface area contributed by atoms with Crippen molar-refractivity contribution < 1.29 is 18.7 Å². The lowest BCUT2D eigenvalue weighted by atomic mass is 10.1. The number of fused-ring (bicyclic) bond motifs is 1. The van der Waals surface area contributed by atoms with Crippen LogP contribution in [0.3, 0.4) is 0 Å². The van der Waals surface area contributed by atoms with Crippen LogP contribution < -0.4 is 0 Å². The number of imidazole rings is 1. The summed E-state index contributed by atoms with van der Waals surface area (Å²) in [5, 5.41) is 0. The van der Waals surface area contributed by atoms with Crippen molar-refractivity contribution in [1.82, 2.24) is 9.55 Å². The van der Waals surface area contributed by atoms with Gasteiger partial charge in [0.15, 0.2) is 5.78 Å². The molecule has 0 saturated carbocycles. The summed E-state index contributed by atoms with van der Waals surface area (Å²) in [6.07, 6.45) is 3.18. The summed E-state index contributed by atoms with van der Waals surface area (Å²) in [5.41, 5.74) is 0.750. The Labute approximate surface area is 120 Å². The van der Waals surface area contributed by atoms with Gasteiger partial charge >= 0.3 is 5.97 Å². The number of nitrogens with zero attached hydrogens (tertiary/aromatic N) is 2. The number of benzene rings is 1. The Hall–Kier alpha value is -2.50. The second-order valence-corrected chi connectivity index (χ2v) is 4.73. The summed E-state index contributed by atoms with van der Waals surface area (Å²) in [5.74, 6) is -1.15. The molecule has 0 saturated heterocycles. The molecule has 0 bridgehead atoms. The molecule has 0 aliphatic heterocycles. The Bertz CT molecular complexity index is 723. The number of carbonyl (C=O) groups excluding carboxylic acids is 2. The minimum atomic E-state index is -0.654. The lowest BCUT2D eigenvalue weighted by Crippen LogP contribution is -2.21. The van der Waals surface area contributed by atoms with Crippen LogP contribution in [0.5, 0.6) is 0 Å². The van der Waals surface area contributed by atoms with Crippen LogP contribution >= 0.6 is 0 Å². The van der Waals surface area contributed by atoms with Crippen LogP contribution in [0.4, 0.5) is 4.39 Å². The topological polar surface area (TPSA) is 61.2 Å². The molecule has 1 atom stereocenters. The zero-order chi connectivity index (χ0) is 15.0. The molecule has 1 unspecified atom stereocenters. The molecular weight excluding hydrogens is 275 g/mol. The SMILES string of the molecule is CCOC(=O)c1nccn1C1Cc2c(F)cccc2C1=O. The smallest absolute Gasteiger partial charge is 0.374 e. The Kier molecular flexibility index (Phi) is 3.29. The van der Waals surface area contributed by atoms with Crippen molar-refractivity contribution in [3.8, 4) is 0 Å². The second-order valence-electron chi connectivity index (χ2n) is 4.73. The molecule has 0 N–H and O–H groups in total. The van der Waals surface area contributed by atoms with Gasteiger partial charge in [-0.2, -0.15) is 0 Å². The van der Waals surface area contributed by atoms with E-state index in [2.05, 4.69) is 4.98 Å². The summed E-state index contributed by atoms with van der Waals surface area (Å²) in [6, 6.07) is 3.78. The molecule has 2 aromatic rings. The molecule has 1 heterocycles. The number of Topliss-reactive ketones (excluding diaryl/α,β-unsaturated/α-hetero) is 1. The lowest BCUT2D eigenvalue weighted by Gasteiger charge is -2.12. The first-order valence-corrected chi connectivity index (χ1v) is 6.65. The van der Waals surface area contributed by atoms with Crippen molar-refractivity contribution in [2.24, 2.45) is 0 Å². The van der Waals surface area contributed by atoms with E-state index in [-0.39, 0.29) is 24.6 Å². The average Bonchev–Trinajstić information content (AvgIpc) is 3.05. The predicted octanol–water partition coefficient (Wildman–Crippen LogP) is 2.18. The number of hydrogen-bond donors (Lipinski definition) is 0. The van der Waals surface area contributed by atoms with Crippen molar-refractivity contribution in [3.63, 3.8) is 0 Å². The molecular formula is C15H13FN2O3. The average molecular weight is 288 g/mol. The number of hydrogen-bond acceptors (Lipinski definition) is 4. The van der Waals surface area contributed by atoms with Gasteiger partial charge in [-0.1, -0.05) is 12.1 Å². The zero-order valence-corrected chi connectivity index (χ0v) is 11.4. The first-order chi connectivity index (χ1) is 10.1. The van der Waals surface area contributed by atoms with Crippen LogP contribution in [0.15, 0.2) is 30.6 Å². The van der Waals surface area contributed by atoms with Gasteiger partial charge in [-0.25, -0.2) is 14.2 Å². The van der Waals surface area contributed by atoms with Gasteiger partial charge in [-0.05, 0) is 13.0 Å². The molecule has 21 heavy (non-hydrogen) atoms. The second kappa shape index (κ2) is 5.12. The van der Waals surface area contributed by atoms with Gasteiger partial charge in [-0.15, -0.1) is 0 Å².